The number of rotatable bonds is 2. The Kier molecular flexibility index (Phi) is 4.03. The van der Waals surface area contributed by atoms with E-state index in [0.29, 0.717) is 0 Å². The van der Waals surface area contributed by atoms with Crippen LogP contribution in [0.5, 0.6) is 5.75 Å². The fourth-order valence-electron chi connectivity index (χ4n) is 3.63. The van der Waals surface area contributed by atoms with E-state index in [-0.39, 0.29) is 17.6 Å². The van der Waals surface area contributed by atoms with Crippen molar-refractivity contribution in [2.75, 3.05) is 0 Å². The van der Waals surface area contributed by atoms with Gasteiger partial charge in [0.25, 0.3) is 0 Å². The summed E-state index contributed by atoms with van der Waals surface area (Å²) in [4.78, 5) is 0. The monoisotopic (exact) mass is 372 g/mol. The third-order valence-corrected chi connectivity index (χ3v) is 5.77. The van der Waals surface area contributed by atoms with E-state index >= 15 is 0 Å². The van der Waals surface area contributed by atoms with Gasteiger partial charge in [-0.05, 0) is 47.6 Å². The first-order valence-electron chi connectivity index (χ1n) is 7.32. The van der Waals surface area contributed by atoms with Crippen molar-refractivity contribution < 1.29 is 9.84 Å². The van der Waals surface area contributed by atoms with Gasteiger partial charge in [-0.15, -0.1) is 0 Å². The van der Waals surface area contributed by atoms with E-state index in [9.17, 15) is 5.11 Å². The molecule has 0 amide bonds. The summed E-state index contributed by atoms with van der Waals surface area (Å²) in [6, 6.07) is 8.17. The SMILES string of the molecule is OC1CC(Oc2ccccc2I)C12CCCCCC2. The van der Waals surface area contributed by atoms with Crippen LogP contribution in [0, 0.1) is 8.99 Å². The van der Waals surface area contributed by atoms with Crippen molar-refractivity contribution in [3.63, 3.8) is 0 Å². The van der Waals surface area contributed by atoms with E-state index < -0.39 is 0 Å². The quantitative estimate of drug-likeness (QED) is 0.791. The molecule has 1 aromatic carbocycles. The van der Waals surface area contributed by atoms with Gasteiger partial charge < -0.3 is 9.84 Å². The topological polar surface area (TPSA) is 29.5 Å². The minimum atomic E-state index is -0.156. The van der Waals surface area contributed by atoms with Gasteiger partial charge in [0.2, 0.25) is 0 Å². The van der Waals surface area contributed by atoms with Crippen LogP contribution in [0.1, 0.15) is 44.9 Å². The fourth-order valence-corrected chi connectivity index (χ4v) is 4.14. The average Bonchev–Trinajstić information content (AvgIpc) is 2.68. The molecule has 2 atom stereocenters. The molecule has 104 valence electrons. The van der Waals surface area contributed by atoms with Crippen molar-refractivity contribution >= 4 is 22.6 Å². The van der Waals surface area contributed by atoms with Crippen molar-refractivity contribution in [3.8, 4) is 5.75 Å². The first-order valence-corrected chi connectivity index (χ1v) is 8.39. The number of aliphatic hydroxyl groups excluding tert-OH is 1. The summed E-state index contributed by atoms with van der Waals surface area (Å²) in [6.07, 6.45) is 8.20. The van der Waals surface area contributed by atoms with E-state index in [2.05, 4.69) is 28.7 Å². The lowest BCUT2D eigenvalue weighted by Gasteiger charge is -2.53. The number of benzene rings is 1. The number of aliphatic hydroxyl groups is 1. The molecule has 0 heterocycles. The van der Waals surface area contributed by atoms with Gasteiger partial charge in [0.1, 0.15) is 11.9 Å². The van der Waals surface area contributed by atoms with Gasteiger partial charge in [0.05, 0.1) is 9.67 Å². The Morgan fingerprint density at radius 2 is 1.79 bits per heavy atom. The fraction of sp³-hybridized carbons (Fsp3) is 0.625. The van der Waals surface area contributed by atoms with Crippen LogP contribution in [0.3, 0.4) is 0 Å². The molecule has 1 aromatic rings. The first kappa shape index (κ1) is 13.7. The normalized spacial score (nSPS) is 29.6. The van der Waals surface area contributed by atoms with E-state index in [4.69, 9.17) is 4.74 Å². The van der Waals surface area contributed by atoms with Crippen LogP contribution in [0.15, 0.2) is 24.3 Å². The Balaban J connectivity index is 1.76. The standard InChI is InChI=1S/C16H21IO2/c17-12-7-3-4-8-13(12)19-15-11-14(18)16(15)9-5-1-2-6-10-16/h3-4,7-8,14-15,18H,1-2,5-6,9-11H2. The largest absolute Gasteiger partial charge is 0.489 e. The van der Waals surface area contributed by atoms with Crippen molar-refractivity contribution in [2.24, 2.45) is 5.41 Å². The molecule has 2 fully saturated rings. The lowest BCUT2D eigenvalue weighted by atomic mass is 9.59. The molecule has 2 aliphatic carbocycles. The Bertz CT molecular complexity index is 438. The zero-order valence-corrected chi connectivity index (χ0v) is 13.3. The molecule has 3 heteroatoms. The molecule has 1 N–H and O–H groups in total. The minimum absolute atomic E-state index is 0.0371. The van der Waals surface area contributed by atoms with Crippen LogP contribution < -0.4 is 4.74 Å². The Morgan fingerprint density at radius 3 is 2.42 bits per heavy atom. The maximum absolute atomic E-state index is 10.3. The summed E-state index contributed by atoms with van der Waals surface area (Å²) in [7, 11) is 0. The van der Waals surface area contributed by atoms with Crippen LogP contribution in [0.2, 0.25) is 0 Å². The molecule has 0 aliphatic heterocycles. The molecular weight excluding hydrogens is 351 g/mol. The second-order valence-corrected chi connectivity index (χ2v) is 7.10. The summed E-state index contributed by atoms with van der Waals surface area (Å²) in [5.74, 6) is 0.976. The van der Waals surface area contributed by atoms with Crippen molar-refractivity contribution in [3.05, 3.63) is 27.8 Å². The van der Waals surface area contributed by atoms with Gasteiger partial charge in [-0.25, -0.2) is 0 Å². The summed E-state index contributed by atoms with van der Waals surface area (Å²) < 4.78 is 7.39. The molecule has 3 rings (SSSR count). The van der Waals surface area contributed by atoms with Gasteiger partial charge >= 0.3 is 0 Å². The summed E-state index contributed by atoms with van der Waals surface area (Å²) >= 11 is 2.32. The minimum Gasteiger partial charge on any atom is -0.489 e. The predicted octanol–water partition coefficient (Wildman–Crippen LogP) is 4.14. The molecule has 0 aromatic heterocycles. The zero-order chi connectivity index (χ0) is 13.3. The highest BCUT2D eigenvalue weighted by molar-refractivity contribution is 14.1. The predicted molar refractivity (Wildman–Crippen MR) is 84.3 cm³/mol. The maximum Gasteiger partial charge on any atom is 0.133 e. The highest BCUT2D eigenvalue weighted by Gasteiger charge is 2.55. The molecular formula is C16H21IO2. The number of para-hydroxylation sites is 1. The average molecular weight is 372 g/mol. The van der Waals surface area contributed by atoms with Crippen molar-refractivity contribution in [1.82, 2.24) is 0 Å². The van der Waals surface area contributed by atoms with Crippen LogP contribution in [-0.4, -0.2) is 17.3 Å². The Morgan fingerprint density at radius 1 is 1.11 bits per heavy atom. The Hall–Kier alpha value is -0.290. The third-order valence-electron chi connectivity index (χ3n) is 4.88. The number of ether oxygens (including phenoxy) is 1. The van der Waals surface area contributed by atoms with E-state index in [1.165, 1.54) is 25.7 Å². The molecule has 2 nitrogen and oxygen atoms in total. The van der Waals surface area contributed by atoms with E-state index in [1.54, 1.807) is 0 Å². The maximum atomic E-state index is 10.3. The van der Waals surface area contributed by atoms with Crippen molar-refractivity contribution in [1.29, 1.82) is 0 Å². The summed E-state index contributed by atoms with van der Waals surface area (Å²) in [5.41, 5.74) is 0.0371. The molecule has 0 radical (unpaired) electrons. The van der Waals surface area contributed by atoms with Gasteiger partial charge in [-0.1, -0.05) is 37.8 Å². The highest BCUT2D eigenvalue weighted by atomic mass is 127. The molecule has 2 unspecified atom stereocenters. The molecule has 0 saturated heterocycles. The molecule has 1 spiro atoms. The molecule has 2 aliphatic rings. The van der Waals surface area contributed by atoms with Gasteiger partial charge in [0.15, 0.2) is 0 Å². The first-order chi connectivity index (χ1) is 9.22. The number of hydrogen-bond donors (Lipinski definition) is 1. The zero-order valence-electron chi connectivity index (χ0n) is 11.1. The van der Waals surface area contributed by atoms with Crippen LogP contribution in [-0.2, 0) is 0 Å². The van der Waals surface area contributed by atoms with Gasteiger partial charge in [-0.3, -0.25) is 0 Å². The summed E-state index contributed by atoms with van der Waals surface area (Å²) in [6.45, 7) is 0. The summed E-state index contributed by atoms with van der Waals surface area (Å²) in [5, 5.41) is 10.3. The van der Waals surface area contributed by atoms with E-state index in [0.717, 1.165) is 28.6 Å². The molecule has 19 heavy (non-hydrogen) atoms. The Labute approximate surface area is 128 Å². The van der Waals surface area contributed by atoms with Crippen LogP contribution >= 0.6 is 22.6 Å². The van der Waals surface area contributed by atoms with Crippen LogP contribution in [0.4, 0.5) is 0 Å². The smallest absolute Gasteiger partial charge is 0.133 e. The lowest BCUT2D eigenvalue weighted by Crippen LogP contribution is -2.59. The van der Waals surface area contributed by atoms with Crippen molar-refractivity contribution in [2.45, 2.75) is 57.2 Å². The second-order valence-electron chi connectivity index (χ2n) is 5.94. The number of hydrogen-bond acceptors (Lipinski definition) is 2. The molecule has 2 saturated carbocycles. The van der Waals surface area contributed by atoms with Crippen LogP contribution in [0.25, 0.3) is 0 Å². The highest BCUT2D eigenvalue weighted by Crippen LogP contribution is 2.52. The van der Waals surface area contributed by atoms with E-state index in [1.807, 2.05) is 18.2 Å². The van der Waals surface area contributed by atoms with Gasteiger partial charge in [0, 0.05) is 11.8 Å². The number of halogens is 1. The van der Waals surface area contributed by atoms with Gasteiger partial charge in [-0.2, -0.15) is 0 Å². The second kappa shape index (κ2) is 5.60. The molecule has 0 bridgehead atoms. The lowest BCUT2D eigenvalue weighted by molar-refractivity contribution is -0.163. The third kappa shape index (κ3) is 2.51.